The van der Waals surface area contributed by atoms with Crippen molar-refractivity contribution in [3.05, 3.63) is 0 Å². The minimum Gasteiger partial charge on any atom is -0.395 e. The Labute approximate surface area is 110 Å². The maximum absolute atomic E-state index is 9.26. The van der Waals surface area contributed by atoms with Crippen molar-refractivity contribution in [2.45, 2.75) is 62.9 Å². The molecule has 0 aliphatic carbocycles. The first-order chi connectivity index (χ1) is 8.17. The summed E-state index contributed by atoms with van der Waals surface area (Å²) in [4.78, 5) is 0. The Bertz CT molecular complexity index is 194. The molecule has 4 unspecified atom stereocenters. The zero-order chi connectivity index (χ0) is 12.7. The van der Waals surface area contributed by atoms with Crippen LogP contribution in [-0.4, -0.2) is 47.9 Å². The lowest BCUT2D eigenvalue weighted by molar-refractivity contribution is 0.265. The minimum atomic E-state index is 0.254. The summed E-state index contributed by atoms with van der Waals surface area (Å²) in [5.41, 5.74) is 0. The predicted octanol–water partition coefficient (Wildman–Crippen LogP) is 1.61. The van der Waals surface area contributed by atoms with E-state index in [0.29, 0.717) is 23.4 Å². The van der Waals surface area contributed by atoms with Gasteiger partial charge in [-0.25, -0.2) is 0 Å². The highest BCUT2D eigenvalue weighted by atomic mass is 32.2. The van der Waals surface area contributed by atoms with Crippen LogP contribution in [0, 0.1) is 0 Å². The van der Waals surface area contributed by atoms with Gasteiger partial charge in [0.05, 0.1) is 6.61 Å². The topological polar surface area (TPSA) is 44.3 Å². The van der Waals surface area contributed by atoms with E-state index in [1.165, 1.54) is 32.2 Å². The normalized spacial score (nSPS) is 26.5. The van der Waals surface area contributed by atoms with E-state index in [0.717, 1.165) is 0 Å². The van der Waals surface area contributed by atoms with Crippen molar-refractivity contribution in [3.63, 3.8) is 0 Å². The van der Waals surface area contributed by atoms with Gasteiger partial charge in [-0.2, -0.15) is 11.8 Å². The molecule has 17 heavy (non-hydrogen) atoms. The van der Waals surface area contributed by atoms with Crippen molar-refractivity contribution in [3.8, 4) is 0 Å². The molecule has 0 saturated carbocycles. The number of aliphatic hydroxyl groups is 1. The Morgan fingerprint density at radius 2 is 2.18 bits per heavy atom. The summed E-state index contributed by atoms with van der Waals surface area (Å²) in [6, 6.07) is 1.57. The molecule has 0 aromatic rings. The maximum Gasteiger partial charge on any atom is 0.0564 e. The van der Waals surface area contributed by atoms with E-state index in [4.69, 9.17) is 0 Å². The van der Waals surface area contributed by atoms with Crippen molar-refractivity contribution in [2.24, 2.45) is 0 Å². The lowest BCUT2D eigenvalue weighted by atomic mass is 9.98. The SMILES string of the molecule is CSC(CO)C(C)NC(C)CC1CCCCN1. The van der Waals surface area contributed by atoms with Crippen LogP contribution in [0.3, 0.4) is 0 Å². The molecule has 1 aliphatic rings. The molecule has 102 valence electrons. The van der Waals surface area contributed by atoms with E-state index in [2.05, 4.69) is 30.7 Å². The van der Waals surface area contributed by atoms with E-state index in [1.54, 1.807) is 11.8 Å². The summed E-state index contributed by atoms with van der Waals surface area (Å²) >= 11 is 1.74. The van der Waals surface area contributed by atoms with Crippen molar-refractivity contribution >= 4 is 11.8 Å². The molecule has 0 spiro atoms. The van der Waals surface area contributed by atoms with Crippen LogP contribution in [0.2, 0.25) is 0 Å². The second-order valence-electron chi connectivity index (χ2n) is 5.20. The van der Waals surface area contributed by atoms with E-state index in [9.17, 15) is 5.11 Å². The average molecular weight is 260 g/mol. The second-order valence-corrected chi connectivity index (χ2v) is 6.27. The van der Waals surface area contributed by atoms with Gasteiger partial charge in [-0.05, 0) is 45.9 Å². The van der Waals surface area contributed by atoms with Gasteiger partial charge < -0.3 is 15.7 Å². The van der Waals surface area contributed by atoms with Crippen molar-refractivity contribution in [1.29, 1.82) is 0 Å². The number of rotatable bonds is 7. The lowest BCUT2D eigenvalue weighted by Crippen LogP contribution is -2.46. The highest BCUT2D eigenvalue weighted by molar-refractivity contribution is 7.99. The third-order valence-corrected chi connectivity index (χ3v) is 4.80. The van der Waals surface area contributed by atoms with Crippen LogP contribution in [0.25, 0.3) is 0 Å². The van der Waals surface area contributed by atoms with Gasteiger partial charge in [0.15, 0.2) is 0 Å². The van der Waals surface area contributed by atoms with Crippen LogP contribution in [0.15, 0.2) is 0 Å². The van der Waals surface area contributed by atoms with Gasteiger partial charge >= 0.3 is 0 Å². The molecule has 1 aliphatic heterocycles. The first kappa shape index (κ1) is 15.3. The predicted molar refractivity (Wildman–Crippen MR) is 76.7 cm³/mol. The third-order valence-electron chi connectivity index (χ3n) is 3.64. The fraction of sp³-hybridized carbons (Fsp3) is 1.00. The highest BCUT2D eigenvalue weighted by Crippen LogP contribution is 2.14. The van der Waals surface area contributed by atoms with E-state index < -0.39 is 0 Å². The molecule has 3 nitrogen and oxygen atoms in total. The molecular formula is C13H28N2OS. The molecule has 0 radical (unpaired) electrons. The second kappa shape index (κ2) is 8.35. The molecule has 0 bridgehead atoms. The summed E-state index contributed by atoms with van der Waals surface area (Å²) in [5, 5.41) is 16.8. The molecule has 1 fully saturated rings. The summed E-state index contributed by atoms with van der Waals surface area (Å²) in [5.74, 6) is 0. The molecule has 0 aromatic heterocycles. The Hall–Kier alpha value is 0.230. The standard InChI is InChI=1S/C13H28N2OS/c1-10(8-12-6-4-5-7-14-12)15-11(2)13(9-16)17-3/h10-16H,4-9H2,1-3H3. The van der Waals surface area contributed by atoms with Gasteiger partial charge in [-0.3, -0.25) is 0 Å². The van der Waals surface area contributed by atoms with E-state index in [-0.39, 0.29) is 6.61 Å². The van der Waals surface area contributed by atoms with Gasteiger partial charge in [-0.1, -0.05) is 6.42 Å². The monoisotopic (exact) mass is 260 g/mol. The number of hydrogen-bond acceptors (Lipinski definition) is 4. The molecule has 1 heterocycles. The van der Waals surface area contributed by atoms with Gasteiger partial charge in [0.1, 0.15) is 0 Å². The average Bonchev–Trinajstić information content (AvgIpc) is 2.31. The van der Waals surface area contributed by atoms with Crippen LogP contribution in [0.4, 0.5) is 0 Å². The van der Waals surface area contributed by atoms with Gasteiger partial charge in [-0.15, -0.1) is 0 Å². The molecular weight excluding hydrogens is 232 g/mol. The number of piperidine rings is 1. The van der Waals surface area contributed by atoms with E-state index >= 15 is 0 Å². The largest absolute Gasteiger partial charge is 0.395 e. The van der Waals surface area contributed by atoms with E-state index in [1.807, 2.05) is 0 Å². The molecule has 4 atom stereocenters. The lowest BCUT2D eigenvalue weighted by Gasteiger charge is -2.30. The molecule has 0 amide bonds. The zero-order valence-electron chi connectivity index (χ0n) is 11.4. The molecule has 0 aromatic carbocycles. The minimum absolute atomic E-state index is 0.254. The van der Waals surface area contributed by atoms with Crippen LogP contribution >= 0.6 is 11.8 Å². The number of hydrogen-bond donors (Lipinski definition) is 3. The van der Waals surface area contributed by atoms with Crippen molar-refractivity contribution in [1.82, 2.24) is 10.6 Å². The molecule has 4 heteroatoms. The molecule has 1 saturated heterocycles. The Balaban J connectivity index is 2.24. The van der Waals surface area contributed by atoms with Crippen molar-refractivity contribution < 1.29 is 5.11 Å². The Morgan fingerprint density at radius 3 is 2.71 bits per heavy atom. The first-order valence-corrected chi connectivity index (χ1v) is 8.09. The fourth-order valence-electron chi connectivity index (χ4n) is 2.61. The fourth-order valence-corrected chi connectivity index (χ4v) is 3.25. The quantitative estimate of drug-likeness (QED) is 0.651. The van der Waals surface area contributed by atoms with Gasteiger partial charge in [0.25, 0.3) is 0 Å². The maximum atomic E-state index is 9.26. The van der Waals surface area contributed by atoms with Crippen LogP contribution in [0.1, 0.15) is 39.5 Å². The summed E-state index contributed by atoms with van der Waals surface area (Å²) in [7, 11) is 0. The van der Waals surface area contributed by atoms with Crippen LogP contribution in [0.5, 0.6) is 0 Å². The highest BCUT2D eigenvalue weighted by Gasteiger charge is 2.20. The van der Waals surface area contributed by atoms with Gasteiger partial charge in [0, 0.05) is 23.4 Å². The smallest absolute Gasteiger partial charge is 0.0564 e. The van der Waals surface area contributed by atoms with Crippen LogP contribution < -0.4 is 10.6 Å². The number of nitrogens with one attached hydrogen (secondary N) is 2. The Kier molecular flexibility index (Phi) is 7.51. The first-order valence-electron chi connectivity index (χ1n) is 6.80. The Morgan fingerprint density at radius 1 is 1.41 bits per heavy atom. The van der Waals surface area contributed by atoms with Crippen LogP contribution in [-0.2, 0) is 0 Å². The summed E-state index contributed by atoms with van der Waals surface area (Å²) in [6.45, 7) is 5.85. The molecule has 3 N–H and O–H groups in total. The van der Waals surface area contributed by atoms with Crippen molar-refractivity contribution in [2.75, 3.05) is 19.4 Å². The molecule has 1 rings (SSSR count). The summed E-state index contributed by atoms with van der Waals surface area (Å²) < 4.78 is 0. The van der Waals surface area contributed by atoms with Gasteiger partial charge in [0.2, 0.25) is 0 Å². The third kappa shape index (κ3) is 5.60. The number of thioether (sulfide) groups is 1. The zero-order valence-corrected chi connectivity index (χ0v) is 12.2. The summed E-state index contributed by atoms with van der Waals surface area (Å²) in [6.07, 6.45) is 7.26. The number of aliphatic hydroxyl groups excluding tert-OH is 1.